The summed E-state index contributed by atoms with van der Waals surface area (Å²) >= 11 is 0. The Morgan fingerprint density at radius 2 is 1.91 bits per heavy atom. The van der Waals surface area contributed by atoms with Crippen LogP contribution in [-0.2, 0) is 20.7 Å². The van der Waals surface area contributed by atoms with E-state index in [1.54, 1.807) is 6.07 Å². The zero-order chi connectivity index (χ0) is 23.0. The molecule has 0 saturated carbocycles. The number of esters is 1. The first kappa shape index (κ1) is 24.2. The van der Waals surface area contributed by atoms with E-state index in [4.69, 9.17) is 14.2 Å². The molecule has 3 rings (SSSR count). The maximum atomic E-state index is 13.7. The normalized spacial score (nSPS) is 17.2. The highest BCUT2D eigenvalue weighted by Crippen LogP contribution is 2.25. The Bertz CT molecular complexity index is 863. The summed E-state index contributed by atoms with van der Waals surface area (Å²) in [5, 5.41) is 0. The predicted octanol–water partition coefficient (Wildman–Crippen LogP) is 4.94. The second kappa shape index (κ2) is 11.4. The molecule has 1 saturated heterocycles. The van der Waals surface area contributed by atoms with Crippen LogP contribution in [0.1, 0.15) is 50.8 Å². The topological polar surface area (TPSA) is 48.0 Å². The van der Waals surface area contributed by atoms with Crippen molar-refractivity contribution >= 4 is 5.97 Å². The van der Waals surface area contributed by atoms with Gasteiger partial charge in [-0.25, -0.2) is 4.39 Å². The van der Waals surface area contributed by atoms with Gasteiger partial charge in [-0.15, -0.1) is 0 Å². The first-order chi connectivity index (χ1) is 15.3. The lowest BCUT2D eigenvalue weighted by molar-refractivity contribution is -0.155. The molecule has 1 atom stereocenters. The van der Waals surface area contributed by atoms with E-state index in [0.717, 1.165) is 36.4 Å². The van der Waals surface area contributed by atoms with E-state index in [2.05, 4.69) is 4.90 Å². The van der Waals surface area contributed by atoms with Crippen molar-refractivity contribution in [2.75, 3.05) is 32.8 Å². The molecule has 1 aliphatic heterocycles. The van der Waals surface area contributed by atoms with Gasteiger partial charge in [0.25, 0.3) is 0 Å². The van der Waals surface area contributed by atoms with Crippen molar-refractivity contribution in [2.24, 2.45) is 0 Å². The number of carbonyl (C=O) groups excluding carboxylic acids is 1. The molecule has 0 amide bonds. The minimum atomic E-state index is -0.452. The molecule has 32 heavy (non-hydrogen) atoms. The third kappa shape index (κ3) is 7.92. The highest BCUT2D eigenvalue weighted by atomic mass is 19.1. The molecular formula is C26H34FNO4. The number of morpholine rings is 1. The SMILES string of the molecule is CC(C)(C)OC(=O)CCN1CCOC(c2ccc(OCCCc3ccccc3F)cc2)C1. The lowest BCUT2D eigenvalue weighted by Crippen LogP contribution is -2.39. The molecule has 0 aromatic heterocycles. The molecule has 0 aliphatic carbocycles. The predicted molar refractivity (Wildman–Crippen MR) is 122 cm³/mol. The van der Waals surface area contributed by atoms with E-state index in [0.29, 0.717) is 32.6 Å². The molecule has 2 aromatic carbocycles. The van der Waals surface area contributed by atoms with Crippen molar-refractivity contribution in [1.29, 1.82) is 0 Å². The van der Waals surface area contributed by atoms with Gasteiger partial charge in [0.15, 0.2) is 0 Å². The summed E-state index contributed by atoms with van der Waals surface area (Å²) in [6, 6.07) is 14.8. The lowest BCUT2D eigenvalue weighted by atomic mass is 10.1. The smallest absolute Gasteiger partial charge is 0.307 e. The molecule has 1 heterocycles. The summed E-state index contributed by atoms with van der Waals surface area (Å²) in [5.74, 6) is 0.460. The van der Waals surface area contributed by atoms with Crippen molar-refractivity contribution in [3.05, 3.63) is 65.5 Å². The van der Waals surface area contributed by atoms with Crippen LogP contribution < -0.4 is 4.74 Å². The average Bonchev–Trinajstić information content (AvgIpc) is 2.76. The number of nitrogens with zero attached hydrogens (tertiary/aromatic N) is 1. The van der Waals surface area contributed by atoms with Crippen LogP contribution in [-0.4, -0.2) is 49.3 Å². The van der Waals surface area contributed by atoms with Gasteiger partial charge in [0.1, 0.15) is 17.2 Å². The van der Waals surface area contributed by atoms with Gasteiger partial charge in [-0.2, -0.15) is 0 Å². The van der Waals surface area contributed by atoms with E-state index >= 15 is 0 Å². The Balaban J connectivity index is 1.41. The van der Waals surface area contributed by atoms with Gasteiger partial charge in [-0.1, -0.05) is 30.3 Å². The standard InChI is InChI=1S/C26H34FNO4/c1-26(2,3)32-25(29)14-15-28-16-18-31-24(19-28)21-10-12-22(13-11-21)30-17-6-8-20-7-4-5-9-23(20)27/h4-5,7,9-13,24H,6,8,14-19H2,1-3H3. The molecular weight excluding hydrogens is 409 g/mol. The number of halogens is 1. The number of aryl methyl sites for hydroxylation is 1. The Kier molecular flexibility index (Phi) is 8.65. The van der Waals surface area contributed by atoms with E-state index in [1.165, 1.54) is 6.07 Å². The van der Waals surface area contributed by atoms with Gasteiger partial charge in [-0.05, 0) is 62.9 Å². The van der Waals surface area contributed by atoms with Crippen molar-refractivity contribution < 1.29 is 23.4 Å². The monoisotopic (exact) mass is 443 g/mol. The number of benzene rings is 2. The molecule has 0 N–H and O–H groups in total. The summed E-state index contributed by atoms with van der Waals surface area (Å²) in [4.78, 5) is 14.2. The van der Waals surface area contributed by atoms with Crippen molar-refractivity contribution in [3.63, 3.8) is 0 Å². The molecule has 1 fully saturated rings. The summed E-state index contributed by atoms with van der Waals surface area (Å²) in [7, 11) is 0. The zero-order valence-corrected chi connectivity index (χ0v) is 19.3. The Morgan fingerprint density at radius 3 is 2.62 bits per heavy atom. The van der Waals surface area contributed by atoms with Crippen molar-refractivity contribution in [3.8, 4) is 5.75 Å². The molecule has 6 heteroatoms. The van der Waals surface area contributed by atoms with Gasteiger partial charge >= 0.3 is 5.97 Å². The Labute approximate surface area is 190 Å². The largest absolute Gasteiger partial charge is 0.494 e. The fourth-order valence-corrected chi connectivity index (χ4v) is 3.68. The van der Waals surface area contributed by atoms with Gasteiger partial charge in [-0.3, -0.25) is 9.69 Å². The average molecular weight is 444 g/mol. The fraction of sp³-hybridized carbons (Fsp3) is 0.500. The van der Waals surface area contributed by atoms with Crippen LogP contribution in [0.15, 0.2) is 48.5 Å². The maximum Gasteiger partial charge on any atom is 0.307 e. The van der Waals surface area contributed by atoms with Gasteiger partial charge in [0, 0.05) is 19.6 Å². The highest BCUT2D eigenvalue weighted by Gasteiger charge is 2.23. The van der Waals surface area contributed by atoms with Gasteiger partial charge in [0.05, 0.1) is 25.7 Å². The number of hydrogen-bond donors (Lipinski definition) is 0. The van der Waals surface area contributed by atoms with Crippen LogP contribution in [0.25, 0.3) is 0 Å². The number of rotatable bonds is 9. The molecule has 0 radical (unpaired) electrons. The van der Waals surface area contributed by atoms with Crippen LogP contribution in [0.4, 0.5) is 4.39 Å². The number of ether oxygens (including phenoxy) is 3. The molecule has 0 bridgehead atoms. The highest BCUT2D eigenvalue weighted by molar-refractivity contribution is 5.70. The lowest BCUT2D eigenvalue weighted by Gasteiger charge is -2.33. The van der Waals surface area contributed by atoms with E-state index in [-0.39, 0.29) is 17.9 Å². The molecule has 0 spiro atoms. The summed E-state index contributed by atoms with van der Waals surface area (Å²) in [5.41, 5.74) is 1.36. The quantitative estimate of drug-likeness (QED) is 0.406. The summed E-state index contributed by atoms with van der Waals surface area (Å²) in [6.45, 7) is 9.02. The van der Waals surface area contributed by atoms with Gasteiger partial charge < -0.3 is 14.2 Å². The summed E-state index contributed by atoms with van der Waals surface area (Å²) < 4.78 is 30.8. The van der Waals surface area contributed by atoms with Crippen molar-refractivity contribution in [1.82, 2.24) is 4.90 Å². The Morgan fingerprint density at radius 1 is 1.16 bits per heavy atom. The van der Waals surface area contributed by atoms with E-state index < -0.39 is 5.60 Å². The third-order valence-corrected chi connectivity index (χ3v) is 5.27. The van der Waals surface area contributed by atoms with Crippen LogP contribution in [0.5, 0.6) is 5.75 Å². The van der Waals surface area contributed by atoms with E-state index in [1.807, 2.05) is 57.2 Å². The molecule has 1 unspecified atom stereocenters. The van der Waals surface area contributed by atoms with E-state index in [9.17, 15) is 9.18 Å². The zero-order valence-electron chi connectivity index (χ0n) is 19.3. The summed E-state index contributed by atoms with van der Waals surface area (Å²) in [6.07, 6.45) is 1.75. The van der Waals surface area contributed by atoms with Crippen LogP contribution in [0, 0.1) is 5.82 Å². The second-order valence-electron chi connectivity index (χ2n) is 9.11. The third-order valence-electron chi connectivity index (χ3n) is 5.27. The first-order valence-electron chi connectivity index (χ1n) is 11.3. The maximum absolute atomic E-state index is 13.7. The minimum Gasteiger partial charge on any atom is -0.494 e. The van der Waals surface area contributed by atoms with Gasteiger partial charge in [0.2, 0.25) is 0 Å². The van der Waals surface area contributed by atoms with Crippen LogP contribution in [0.3, 0.4) is 0 Å². The van der Waals surface area contributed by atoms with Crippen LogP contribution in [0.2, 0.25) is 0 Å². The Hall–Kier alpha value is -2.44. The number of carbonyl (C=O) groups is 1. The second-order valence-corrected chi connectivity index (χ2v) is 9.11. The van der Waals surface area contributed by atoms with Crippen LogP contribution >= 0.6 is 0 Å². The van der Waals surface area contributed by atoms with Crippen molar-refractivity contribution in [2.45, 2.75) is 51.7 Å². The first-order valence-corrected chi connectivity index (χ1v) is 11.3. The minimum absolute atomic E-state index is 0.0301. The molecule has 1 aliphatic rings. The molecule has 2 aromatic rings. The fourth-order valence-electron chi connectivity index (χ4n) is 3.68. The molecule has 5 nitrogen and oxygen atoms in total. The molecule has 174 valence electrons. The number of hydrogen-bond acceptors (Lipinski definition) is 5.